The Kier molecular flexibility index (Phi) is 7.29. The molecule has 0 aliphatic carbocycles. The Morgan fingerprint density at radius 2 is 2.00 bits per heavy atom. The van der Waals surface area contributed by atoms with E-state index in [9.17, 15) is 8.42 Å². The average molecular weight is 378 g/mol. The van der Waals surface area contributed by atoms with E-state index in [2.05, 4.69) is 26.0 Å². The molecule has 0 saturated heterocycles. The van der Waals surface area contributed by atoms with Gasteiger partial charge in [-0.1, -0.05) is 6.07 Å². The van der Waals surface area contributed by atoms with Crippen molar-refractivity contribution in [1.29, 1.82) is 0 Å². The molecule has 2 N–H and O–H groups in total. The van der Waals surface area contributed by atoms with E-state index in [1.807, 2.05) is 39.0 Å². The summed E-state index contributed by atoms with van der Waals surface area (Å²) in [4.78, 5) is 2.32. The molecule has 1 rings (SSSR count). The Balaban J connectivity index is 2.89. The van der Waals surface area contributed by atoms with Crippen LogP contribution in [0.25, 0.3) is 0 Å². The molecule has 0 aromatic heterocycles. The molecule has 120 valence electrons. The second-order valence-electron chi connectivity index (χ2n) is 5.41. The van der Waals surface area contributed by atoms with Gasteiger partial charge in [-0.25, -0.2) is 13.1 Å². The van der Waals surface area contributed by atoms with E-state index in [0.29, 0.717) is 11.0 Å². The highest BCUT2D eigenvalue weighted by Crippen LogP contribution is 2.23. The summed E-state index contributed by atoms with van der Waals surface area (Å²) in [5.41, 5.74) is 0.932. The summed E-state index contributed by atoms with van der Waals surface area (Å²) in [6.45, 7) is 3.35. The predicted octanol–water partition coefficient (Wildman–Crippen LogP) is 1.79. The highest BCUT2D eigenvalue weighted by molar-refractivity contribution is 9.10. The van der Waals surface area contributed by atoms with Crippen LogP contribution in [-0.4, -0.2) is 47.0 Å². The van der Waals surface area contributed by atoms with Gasteiger partial charge in [0.15, 0.2) is 0 Å². The highest BCUT2D eigenvalue weighted by Gasteiger charge is 2.20. The third-order valence-electron chi connectivity index (χ3n) is 3.03. The lowest BCUT2D eigenvalue weighted by Crippen LogP contribution is -2.35. The first kappa shape index (κ1) is 18.6. The van der Waals surface area contributed by atoms with Crippen LogP contribution in [-0.2, 0) is 16.6 Å². The van der Waals surface area contributed by atoms with E-state index in [-0.39, 0.29) is 10.9 Å². The molecule has 1 unspecified atom stereocenters. The maximum atomic E-state index is 12.5. The van der Waals surface area contributed by atoms with E-state index in [1.165, 1.54) is 0 Å². The zero-order chi connectivity index (χ0) is 16.0. The van der Waals surface area contributed by atoms with Crippen LogP contribution < -0.4 is 10.0 Å². The smallest absolute Gasteiger partial charge is 0.241 e. The minimum absolute atomic E-state index is 0.114. The number of sulfonamides is 1. The van der Waals surface area contributed by atoms with Crippen LogP contribution in [0.15, 0.2) is 27.6 Å². The lowest BCUT2D eigenvalue weighted by atomic mass is 10.2. The fraction of sp³-hybridized carbons (Fsp3) is 0.571. The zero-order valence-electron chi connectivity index (χ0n) is 13.0. The molecule has 0 saturated carbocycles. The largest absolute Gasteiger partial charge is 0.316 e. The van der Waals surface area contributed by atoms with Crippen molar-refractivity contribution in [3.05, 3.63) is 28.2 Å². The second-order valence-corrected chi connectivity index (χ2v) is 7.95. The van der Waals surface area contributed by atoms with Crippen molar-refractivity contribution in [2.24, 2.45) is 0 Å². The first-order valence-corrected chi connectivity index (χ1v) is 9.14. The summed E-state index contributed by atoms with van der Waals surface area (Å²) in [5, 5.41) is 3.02. The van der Waals surface area contributed by atoms with E-state index < -0.39 is 10.0 Å². The molecule has 1 aromatic rings. The molecule has 0 heterocycles. The van der Waals surface area contributed by atoms with Crippen LogP contribution in [0.3, 0.4) is 0 Å². The average Bonchev–Trinajstić information content (AvgIpc) is 2.38. The molecule has 21 heavy (non-hydrogen) atoms. The second kappa shape index (κ2) is 8.24. The summed E-state index contributed by atoms with van der Waals surface area (Å²) in [6, 6.07) is 5.25. The topological polar surface area (TPSA) is 61.4 Å². The van der Waals surface area contributed by atoms with Gasteiger partial charge in [-0.3, -0.25) is 0 Å². The molecule has 0 fully saturated rings. The Hall–Kier alpha value is -0.470. The van der Waals surface area contributed by atoms with Gasteiger partial charge in [-0.05, 0) is 74.7 Å². The molecular weight excluding hydrogens is 354 g/mol. The van der Waals surface area contributed by atoms with Crippen LogP contribution in [0, 0.1) is 0 Å². The van der Waals surface area contributed by atoms with Crippen molar-refractivity contribution in [2.75, 3.05) is 27.7 Å². The van der Waals surface area contributed by atoms with Crippen LogP contribution in [0.1, 0.15) is 18.9 Å². The van der Waals surface area contributed by atoms with Crippen LogP contribution in [0.4, 0.5) is 0 Å². The summed E-state index contributed by atoms with van der Waals surface area (Å²) in [5.74, 6) is 0. The Morgan fingerprint density at radius 3 is 2.57 bits per heavy atom. The number of halogens is 1. The minimum Gasteiger partial charge on any atom is -0.316 e. The van der Waals surface area contributed by atoms with E-state index >= 15 is 0 Å². The van der Waals surface area contributed by atoms with Gasteiger partial charge in [0, 0.05) is 17.1 Å². The number of hydrogen-bond acceptors (Lipinski definition) is 4. The van der Waals surface area contributed by atoms with Gasteiger partial charge in [-0.2, -0.15) is 0 Å². The highest BCUT2D eigenvalue weighted by atomic mass is 79.9. The Bertz CT molecular complexity index is 561. The summed E-state index contributed by atoms with van der Waals surface area (Å²) in [7, 11) is 2.25. The molecule has 1 atom stereocenters. The lowest BCUT2D eigenvalue weighted by Gasteiger charge is -2.17. The third kappa shape index (κ3) is 6.04. The van der Waals surface area contributed by atoms with Crippen molar-refractivity contribution in [3.8, 4) is 0 Å². The number of hydrogen-bond donors (Lipinski definition) is 2. The van der Waals surface area contributed by atoms with Crippen molar-refractivity contribution in [3.63, 3.8) is 0 Å². The molecule has 0 bridgehead atoms. The monoisotopic (exact) mass is 377 g/mol. The Morgan fingerprint density at radius 1 is 1.33 bits per heavy atom. The summed E-state index contributed by atoms with van der Waals surface area (Å²) in [6.07, 6.45) is 0.764. The first-order valence-electron chi connectivity index (χ1n) is 6.86. The standard InChI is InChI=1S/C14H24BrN3O2S/c1-11(7-8-18(3)4)17-21(19,20)14-9-12(10-16-2)5-6-13(14)15/h5-6,9,11,16-17H,7-8,10H2,1-4H3. The SMILES string of the molecule is CNCc1ccc(Br)c(S(=O)(=O)NC(C)CCN(C)C)c1. The lowest BCUT2D eigenvalue weighted by molar-refractivity contribution is 0.379. The van der Waals surface area contributed by atoms with Crippen molar-refractivity contribution in [1.82, 2.24) is 14.9 Å². The van der Waals surface area contributed by atoms with Gasteiger partial charge in [0.2, 0.25) is 10.0 Å². The summed E-state index contributed by atoms with van der Waals surface area (Å²) >= 11 is 3.32. The van der Waals surface area contributed by atoms with E-state index in [1.54, 1.807) is 12.1 Å². The quantitative estimate of drug-likeness (QED) is 0.724. The molecule has 5 nitrogen and oxygen atoms in total. The van der Waals surface area contributed by atoms with Crippen molar-refractivity contribution in [2.45, 2.75) is 30.8 Å². The van der Waals surface area contributed by atoms with Crippen LogP contribution in [0.5, 0.6) is 0 Å². The normalized spacial score (nSPS) is 13.6. The number of nitrogens with zero attached hydrogens (tertiary/aromatic N) is 1. The zero-order valence-corrected chi connectivity index (χ0v) is 15.4. The number of nitrogens with one attached hydrogen (secondary N) is 2. The molecule has 7 heteroatoms. The molecule has 0 aliphatic rings. The van der Waals surface area contributed by atoms with Crippen molar-refractivity contribution < 1.29 is 8.42 Å². The van der Waals surface area contributed by atoms with Crippen molar-refractivity contribution >= 4 is 26.0 Å². The third-order valence-corrected chi connectivity index (χ3v) is 5.62. The number of benzene rings is 1. The molecule has 0 aliphatic heterocycles. The van der Waals surface area contributed by atoms with Crippen LogP contribution >= 0.6 is 15.9 Å². The molecule has 1 aromatic carbocycles. The molecule has 0 radical (unpaired) electrons. The van der Waals surface area contributed by atoms with Gasteiger partial charge < -0.3 is 10.2 Å². The predicted molar refractivity (Wildman–Crippen MR) is 89.9 cm³/mol. The van der Waals surface area contributed by atoms with Gasteiger partial charge in [0.05, 0.1) is 4.90 Å². The number of rotatable bonds is 8. The van der Waals surface area contributed by atoms with Gasteiger partial charge in [0.1, 0.15) is 0 Å². The molecule has 0 amide bonds. The maximum Gasteiger partial charge on any atom is 0.241 e. The molecule has 0 spiro atoms. The van der Waals surface area contributed by atoms with Gasteiger partial charge >= 0.3 is 0 Å². The van der Waals surface area contributed by atoms with Crippen LogP contribution in [0.2, 0.25) is 0 Å². The Labute approximate surface area is 136 Å². The fourth-order valence-electron chi connectivity index (χ4n) is 1.91. The fourth-order valence-corrected chi connectivity index (χ4v) is 4.20. The van der Waals surface area contributed by atoms with E-state index in [0.717, 1.165) is 18.5 Å². The molecular formula is C14H24BrN3O2S. The maximum absolute atomic E-state index is 12.5. The van der Waals surface area contributed by atoms with Gasteiger partial charge in [-0.15, -0.1) is 0 Å². The van der Waals surface area contributed by atoms with Gasteiger partial charge in [0.25, 0.3) is 0 Å². The minimum atomic E-state index is -3.52. The first-order chi connectivity index (χ1) is 9.76. The van der Waals surface area contributed by atoms with E-state index in [4.69, 9.17) is 0 Å². The summed E-state index contributed by atoms with van der Waals surface area (Å²) < 4.78 is 28.3.